The van der Waals surface area contributed by atoms with Gasteiger partial charge in [0.2, 0.25) is 0 Å². The van der Waals surface area contributed by atoms with E-state index in [4.69, 9.17) is 10.5 Å². The largest absolute Gasteiger partial charge is 0.502 e. The number of carbonyl (C=O) groups is 1. The molecule has 0 spiro atoms. The van der Waals surface area contributed by atoms with E-state index in [1.165, 1.54) is 6.26 Å². The summed E-state index contributed by atoms with van der Waals surface area (Å²) >= 11 is 0. The average Bonchev–Trinajstić information content (AvgIpc) is 2.39. The van der Waals surface area contributed by atoms with E-state index in [0.717, 1.165) is 12.0 Å². The van der Waals surface area contributed by atoms with Crippen molar-refractivity contribution in [2.24, 2.45) is 5.73 Å². The quantitative estimate of drug-likeness (QED) is 0.541. The molecule has 18 heavy (non-hydrogen) atoms. The van der Waals surface area contributed by atoms with Crippen LogP contribution in [0.25, 0.3) is 0 Å². The maximum atomic E-state index is 12.0. The fourth-order valence-electron chi connectivity index (χ4n) is 1.65. The van der Waals surface area contributed by atoms with Crippen LogP contribution < -0.4 is 11.1 Å². The maximum absolute atomic E-state index is 12.0. The highest BCUT2D eigenvalue weighted by Crippen LogP contribution is 2.08. The Bertz CT molecular complexity index is 391. The molecule has 0 radical (unpaired) electrons. The summed E-state index contributed by atoms with van der Waals surface area (Å²) in [7, 11) is 0. The molecule has 1 aromatic rings. The second kappa shape index (κ2) is 8.31. The van der Waals surface area contributed by atoms with Gasteiger partial charge in [-0.1, -0.05) is 24.8 Å². The highest BCUT2D eigenvalue weighted by molar-refractivity contribution is 5.95. The molecule has 0 aliphatic rings. The van der Waals surface area contributed by atoms with Gasteiger partial charge in [-0.15, -0.1) is 0 Å². The Labute approximate surface area is 108 Å². The number of nitrogens with one attached hydrogen (secondary N) is 1. The van der Waals surface area contributed by atoms with Crippen LogP contribution in [0.15, 0.2) is 37.1 Å². The van der Waals surface area contributed by atoms with Crippen LogP contribution in [0.5, 0.6) is 0 Å². The molecule has 0 aliphatic heterocycles. The summed E-state index contributed by atoms with van der Waals surface area (Å²) in [6, 6.07) is 7.53. The van der Waals surface area contributed by atoms with Gasteiger partial charge in [-0.3, -0.25) is 4.79 Å². The van der Waals surface area contributed by atoms with E-state index in [1.807, 2.05) is 24.3 Å². The molecule has 4 nitrogen and oxygen atoms in total. The normalized spacial score (nSPS) is 9.83. The second-order valence-electron chi connectivity index (χ2n) is 3.84. The summed E-state index contributed by atoms with van der Waals surface area (Å²) in [4.78, 5) is 12.0. The summed E-state index contributed by atoms with van der Waals surface area (Å²) in [5, 5.41) is 2.86. The molecular formula is C14H20N2O2. The molecule has 0 fully saturated rings. The Morgan fingerprint density at radius 2 is 2.22 bits per heavy atom. The van der Waals surface area contributed by atoms with Gasteiger partial charge >= 0.3 is 0 Å². The zero-order valence-corrected chi connectivity index (χ0v) is 10.5. The molecular weight excluding hydrogens is 228 g/mol. The fraction of sp³-hybridized carbons (Fsp3) is 0.357. The van der Waals surface area contributed by atoms with Crippen molar-refractivity contribution < 1.29 is 9.53 Å². The first-order chi connectivity index (χ1) is 8.79. The zero-order chi connectivity index (χ0) is 13.2. The molecule has 0 unspecified atom stereocenters. The van der Waals surface area contributed by atoms with Gasteiger partial charge < -0.3 is 15.8 Å². The molecule has 0 saturated heterocycles. The van der Waals surface area contributed by atoms with Crippen molar-refractivity contribution in [1.29, 1.82) is 0 Å². The minimum absolute atomic E-state index is 0.0577. The Balaban J connectivity index is 2.47. The van der Waals surface area contributed by atoms with Gasteiger partial charge in [0.15, 0.2) is 0 Å². The van der Waals surface area contributed by atoms with Gasteiger partial charge in [-0.2, -0.15) is 0 Å². The highest BCUT2D eigenvalue weighted by atomic mass is 16.5. The van der Waals surface area contributed by atoms with Crippen molar-refractivity contribution in [2.75, 3.05) is 19.7 Å². The van der Waals surface area contributed by atoms with Crippen molar-refractivity contribution in [3.05, 3.63) is 48.2 Å². The Hall–Kier alpha value is -1.81. The second-order valence-corrected chi connectivity index (χ2v) is 3.84. The fourth-order valence-corrected chi connectivity index (χ4v) is 1.65. The molecule has 0 aromatic heterocycles. The maximum Gasteiger partial charge on any atom is 0.251 e. The zero-order valence-electron chi connectivity index (χ0n) is 10.5. The first kappa shape index (κ1) is 14.3. The molecule has 0 saturated carbocycles. The number of nitrogens with two attached hydrogens (primary N) is 1. The topological polar surface area (TPSA) is 64.3 Å². The molecule has 1 amide bonds. The van der Waals surface area contributed by atoms with Crippen LogP contribution in [-0.4, -0.2) is 25.6 Å². The van der Waals surface area contributed by atoms with E-state index in [-0.39, 0.29) is 5.91 Å². The molecule has 4 heteroatoms. The van der Waals surface area contributed by atoms with Crippen LogP contribution in [0.3, 0.4) is 0 Å². The Morgan fingerprint density at radius 3 is 2.94 bits per heavy atom. The lowest BCUT2D eigenvalue weighted by Crippen LogP contribution is -2.26. The predicted molar refractivity (Wildman–Crippen MR) is 72.3 cm³/mol. The van der Waals surface area contributed by atoms with Crippen LogP contribution >= 0.6 is 0 Å². The summed E-state index contributed by atoms with van der Waals surface area (Å²) < 4.78 is 4.98. The SMILES string of the molecule is C=COCCCNC(=O)c1ccccc1CCN. The van der Waals surface area contributed by atoms with E-state index in [2.05, 4.69) is 11.9 Å². The van der Waals surface area contributed by atoms with Gasteiger partial charge in [0.05, 0.1) is 12.9 Å². The van der Waals surface area contributed by atoms with Crippen molar-refractivity contribution in [1.82, 2.24) is 5.32 Å². The third kappa shape index (κ3) is 4.59. The van der Waals surface area contributed by atoms with Crippen molar-refractivity contribution in [3.63, 3.8) is 0 Å². The highest BCUT2D eigenvalue weighted by Gasteiger charge is 2.09. The average molecular weight is 248 g/mol. The lowest BCUT2D eigenvalue weighted by atomic mass is 10.0. The minimum atomic E-state index is -0.0577. The molecule has 1 aromatic carbocycles. The van der Waals surface area contributed by atoms with Crippen LogP contribution in [0.2, 0.25) is 0 Å². The number of benzene rings is 1. The van der Waals surface area contributed by atoms with Crippen LogP contribution in [-0.2, 0) is 11.2 Å². The van der Waals surface area contributed by atoms with E-state index in [0.29, 0.717) is 31.7 Å². The molecule has 0 aliphatic carbocycles. The number of hydrogen-bond acceptors (Lipinski definition) is 3. The van der Waals surface area contributed by atoms with Crippen molar-refractivity contribution in [2.45, 2.75) is 12.8 Å². The molecule has 0 heterocycles. The minimum Gasteiger partial charge on any atom is -0.502 e. The van der Waals surface area contributed by atoms with Crippen LogP contribution in [0.4, 0.5) is 0 Å². The van der Waals surface area contributed by atoms with Crippen molar-refractivity contribution >= 4 is 5.91 Å². The predicted octanol–water partition coefficient (Wildman–Crippen LogP) is 1.47. The first-order valence-corrected chi connectivity index (χ1v) is 6.08. The number of carbonyl (C=O) groups excluding carboxylic acids is 1. The number of rotatable bonds is 8. The molecule has 98 valence electrons. The van der Waals surface area contributed by atoms with Gasteiger partial charge in [-0.25, -0.2) is 0 Å². The smallest absolute Gasteiger partial charge is 0.251 e. The molecule has 3 N–H and O–H groups in total. The summed E-state index contributed by atoms with van der Waals surface area (Å²) in [6.07, 6.45) is 2.87. The monoisotopic (exact) mass is 248 g/mol. The lowest BCUT2D eigenvalue weighted by molar-refractivity contribution is 0.0949. The van der Waals surface area contributed by atoms with Gasteiger partial charge in [-0.05, 0) is 31.0 Å². The third-order valence-electron chi connectivity index (χ3n) is 2.52. The Morgan fingerprint density at radius 1 is 1.44 bits per heavy atom. The van der Waals surface area contributed by atoms with Crippen LogP contribution in [0.1, 0.15) is 22.3 Å². The van der Waals surface area contributed by atoms with Gasteiger partial charge in [0.1, 0.15) is 0 Å². The standard InChI is InChI=1S/C14H20N2O2/c1-2-18-11-5-10-16-14(17)13-7-4-3-6-12(13)8-9-15/h2-4,6-7H,1,5,8-11,15H2,(H,16,17). The number of amides is 1. The van der Waals surface area contributed by atoms with Gasteiger partial charge in [0, 0.05) is 12.1 Å². The molecule has 1 rings (SSSR count). The molecule has 0 atom stereocenters. The lowest BCUT2D eigenvalue weighted by Gasteiger charge is -2.09. The van der Waals surface area contributed by atoms with E-state index in [1.54, 1.807) is 0 Å². The molecule has 0 bridgehead atoms. The van der Waals surface area contributed by atoms with Crippen molar-refractivity contribution in [3.8, 4) is 0 Å². The first-order valence-electron chi connectivity index (χ1n) is 6.08. The van der Waals surface area contributed by atoms with E-state index in [9.17, 15) is 4.79 Å². The van der Waals surface area contributed by atoms with E-state index >= 15 is 0 Å². The Kier molecular flexibility index (Phi) is 6.58. The number of ether oxygens (including phenoxy) is 1. The third-order valence-corrected chi connectivity index (χ3v) is 2.52. The van der Waals surface area contributed by atoms with Crippen LogP contribution in [0, 0.1) is 0 Å². The summed E-state index contributed by atoms with van der Waals surface area (Å²) in [5.41, 5.74) is 7.21. The summed E-state index contributed by atoms with van der Waals surface area (Å²) in [5.74, 6) is -0.0577. The summed E-state index contributed by atoms with van der Waals surface area (Å²) in [6.45, 7) is 5.14. The van der Waals surface area contributed by atoms with Gasteiger partial charge in [0.25, 0.3) is 5.91 Å². The van der Waals surface area contributed by atoms with E-state index < -0.39 is 0 Å². The number of hydrogen-bond donors (Lipinski definition) is 2.